The molecule has 0 bridgehead atoms. The van der Waals surface area contributed by atoms with E-state index in [9.17, 15) is 63.8 Å². The maximum absolute atomic E-state index is 15.4. The fourth-order valence-corrected chi connectivity index (χ4v) is 9.76. The zero-order chi connectivity index (χ0) is 45.2. The normalized spacial score (nSPS) is 26.1. The summed E-state index contributed by atoms with van der Waals surface area (Å²) in [5.41, 5.74) is -6.77. The Kier molecular flexibility index (Phi) is 10.0. The quantitative estimate of drug-likeness (QED) is 0.0517. The number of hydrogen-bond acceptors (Lipinski definition) is 6. The summed E-state index contributed by atoms with van der Waals surface area (Å²) in [6.07, 6.45) is -11.1. The Morgan fingerprint density at radius 3 is 1.85 bits per heavy atom. The molecular weight excluding hydrogens is 896 g/mol. The van der Waals surface area contributed by atoms with Crippen molar-refractivity contribution in [3.8, 4) is 11.5 Å². The zero-order valence-corrected chi connectivity index (χ0v) is 32.2. The molecule has 3 fully saturated rings. The molecule has 4 aromatic carbocycles. The lowest BCUT2D eigenvalue weighted by atomic mass is 9.56. The van der Waals surface area contributed by atoms with E-state index in [2.05, 4.69) is 0 Å². The highest BCUT2D eigenvalue weighted by atomic mass is 35.5. The first-order valence-electron chi connectivity index (χ1n) is 18.1. The van der Waals surface area contributed by atoms with Gasteiger partial charge >= 0.3 is 12.4 Å². The predicted octanol–water partition coefficient (Wildman–Crippen LogP) is 9.47. The average molecular weight is 920 g/mol. The Morgan fingerprint density at radius 1 is 0.710 bits per heavy atom. The zero-order valence-electron chi connectivity index (χ0n) is 30.7. The molecule has 21 heteroatoms. The van der Waals surface area contributed by atoms with Crippen molar-refractivity contribution < 1.29 is 77.3 Å². The van der Waals surface area contributed by atoms with Crippen molar-refractivity contribution in [2.24, 2.45) is 17.8 Å². The number of alkyl halides is 8. The predicted molar refractivity (Wildman–Crippen MR) is 194 cm³/mol. The second-order valence-corrected chi connectivity index (χ2v) is 16.2. The van der Waals surface area contributed by atoms with Gasteiger partial charge in [0.1, 0.15) is 23.8 Å². The van der Waals surface area contributed by atoms with Crippen molar-refractivity contribution in [2.75, 3.05) is 9.80 Å². The highest BCUT2D eigenvalue weighted by molar-refractivity contribution is 6.58. The van der Waals surface area contributed by atoms with Gasteiger partial charge in [-0.1, -0.05) is 48.0 Å². The molecule has 4 aliphatic rings. The molecular formula is C41H23Cl2F11N2O6. The van der Waals surface area contributed by atoms with Crippen LogP contribution in [0.4, 0.5) is 59.7 Å². The van der Waals surface area contributed by atoms with Crippen molar-refractivity contribution in [2.45, 2.75) is 47.5 Å². The summed E-state index contributed by atoms with van der Waals surface area (Å²) in [4.78, 5) is 50.8. The Bertz CT molecular complexity index is 2600. The first kappa shape index (κ1) is 43.0. The van der Waals surface area contributed by atoms with Crippen LogP contribution in [0.2, 0.25) is 0 Å². The van der Waals surface area contributed by atoms with E-state index in [1.54, 1.807) is 30.3 Å². The Labute approximate surface area is 351 Å². The molecule has 2 aliphatic heterocycles. The maximum Gasteiger partial charge on any atom is 0.416 e. The molecule has 6 atom stereocenters. The van der Waals surface area contributed by atoms with Crippen molar-refractivity contribution in [1.29, 1.82) is 0 Å². The largest absolute Gasteiger partial charge is 0.508 e. The molecule has 0 aromatic heterocycles. The van der Waals surface area contributed by atoms with Crippen molar-refractivity contribution >= 4 is 58.2 Å². The Balaban J connectivity index is 1.28. The molecule has 0 spiro atoms. The van der Waals surface area contributed by atoms with E-state index in [0.717, 1.165) is 12.1 Å². The van der Waals surface area contributed by atoms with Crippen LogP contribution in [0.15, 0.2) is 78.4 Å². The molecule has 8 nitrogen and oxygen atoms in total. The van der Waals surface area contributed by atoms with E-state index in [-0.39, 0.29) is 46.6 Å². The molecule has 8 rings (SSSR count). The standard InChI is InChI=1S/C41H23Cl2F11N2O6/c42-38-14-24-21(8-9-23-26(24)35(59)55(34(23)58)19-11-17(40(49,50)51)10-18(12-19)41(52,53)54)27(22-7-6-20(13-25(22)57)62-15-16-4-2-1-3-5-16)39(38,43)37(61)56(36(38)60)33-31(47)29(45)28(44)30(46)32(33)48/h1-8,10-13,23-24,26-27,57H,9,14-15H2. The topological polar surface area (TPSA) is 104 Å². The van der Waals surface area contributed by atoms with Gasteiger partial charge in [0.15, 0.2) is 33.0 Å². The average Bonchev–Trinajstić information content (AvgIpc) is 3.56. The van der Waals surface area contributed by atoms with Crippen molar-refractivity contribution in [1.82, 2.24) is 0 Å². The van der Waals surface area contributed by atoms with Crippen LogP contribution in [0, 0.1) is 46.8 Å². The molecule has 4 amide bonds. The van der Waals surface area contributed by atoms with Gasteiger partial charge in [-0.3, -0.25) is 19.2 Å². The third-order valence-electron chi connectivity index (χ3n) is 11.6. The summed E-state index contributed by atoms with van der Waals surface area (Å²) in [7, 11) is 0. The number of allylic oxidation sites excluding steroid dienone is 2. The van der Waals surface area contributed by atoms with Crippen LogP contribution < -0.4 is 14.5 Å². The molecule has 62 heavy (non-hydrogen) atoms. The number of phenolic OH excluding ortho intramolecular Hbond substituents is 1. The van der Waals surface area contributed by atoms with Gasteiger partial charge in [-0.05, 0) is 48.6 Å². The van der Waals surface area contributed by atoms with E-state index >= 15 is 8.78 Å². The molecule has 6 unspecified atom stereocenters. The van der Waals surface area contributed by atoms with Crippen molar-refractivity contribution in [3.05, 3.63) is 130 Å². The lowest BCUT2D eigenvalue weighted by Crippen LogP contribution is -2.60. The summed E-state index contributed by atoms with van der Waals surface area (Å²) < 4.78 is 163. The summed E-state index contributed by atoms with van der Waals surface area (Å²) in [5.74, 6) is -27.1. The number of carbonyl (C=O) groups is 4. The summed E-state index contributed by atoms with van der Waals surface area (Å²) >= 11 is 14.1. The molecule has 2 aliphatic carbocycles. The first-order valence-corrected chi connectivity index (χ1v) is 18.8. The number of fused-ring (bicyclic) bond motifs is 4. The number of carbonyl (C=O) groups excluding carboxylic acids is 4. The SMILES string of the molecule is O=C1C2CC=C3C(CC4(Cl)C(=O)N(c5c(F)c(F)c(F)c(F)c5F)C(=O)C4(Cl)C3c3ccc(OCc4ccccc4)cc3O)C2C(=O)N1c1cc(C(F)(F)F)cc(C(F)(F)F)c1. The number of hydrogen-bond donors (Lipinski definition) is 1. The van der Waals surface area contributed by atoms with E-state index in [0.29, 0.717) is 5.56 Å². The van der Waals surface area contributed by atoms with E-state index in [1.807, 2.05) is 0 Å². The van der Waals surface area contributed by atoms with Crippen LogP contribution in [-0.4, -0.2) is 38.5 Å². The number of phenols is 1. The third kappa shape index (κ3) is 6.24. The second kappa shape index (κ2) is 14.4. The molecule has 4 aromatic rings. The van der Waals surface area contributed by atoms with E-state index in [1.165, 1.54) is 12.1 Å². The van der Waals surface area contributed by atoms with Crippen LogP contribution in [-0.2, 0) is 38.1 Å². The minimum atomic E-state index is -5.39. The van der Waals surface area contributed by atoms with Gasteiger partial charge in [0.2, 0.25) is 17.6 Å². The van der Waals surface area contributed by atoms with Gasteiger partial charge in [-0.2, -0.15) is 26.3 Å². The first-order chi connectivity index (χ1) is 28.9. The van der Waals surface area contributed by atoms with Crippen LogP contribution in [0.3, 0.4) is 0 Å². The molecule has 2 saturated heterocycles. The number of amides is 4. The Hall–Kier alpha value is -5.69. The van der Waals surface area contributed by atoms with Crippen LogP contribution in [0.25, 0.3) is 0 Å². The number of ether oxygens (including phenoxy) is 1. The second-order valence-electron chi connectivity index (χ2n) is 15.0. The van der Waals surface area contributed by atoms with Crippen LogP contribution >= 0.6 is 23.2 Å². The van der Waals surface area contributed by atoms with Gasteiger partial charge in [0.25, 0.3) is 11.8 Å². The van der Waals surface area contributed by atoms with Gasteiger partial charge in [0, 0.05) is 17.5 Å². The van der Waals surface area contributed by atoms with Gasteiger partial charge in [-0.15, -0.1) is 23.2 Å². The summed E-state index contributed by atoms with van der Waals surface area (Å²) in [6.45, 7) is -0.0313. The minimum Gasteiger partial charge on any atom is -0.508 e. The molecule has 1 saturated carbocycles. The van der Waals surface area contributed by atoms with Crippen LogP contribution in [0.5, 0.6) is 11.5 Å². The molecule has 2 heterocycles. The number of aromatic hydroxyl groups is 1. The molecule has 0 radical (unpaired) electrons. The fourth-order valence-electron chi connectivity index (χ4n) is 8.83. The highest BCUT2D eigenvalue weighted by Crippen LogP contribution is 2.67. The number of imide groups is 2. The van der Waals surface area contributed by atoms with Crippen molar-refractivity contribution in [3.63, 3.8) is 0 Å². The van der Waals surface area contributed by atoms with Gasteiger partial charge < -0.3 is 9.84 Å². The van der Waals surface area contributed by atoms with E-state index < -0.39 is 144 Å². The lowest BCUT2D eigenvalue weighted by Gasteiger charge is -2.50. The lowest BCUT2D eigenvalue weighted by molar-refractivity contribution is -0.143. The van der Waals surface area contributed by atoms with Gasteiger partial charge in [0.05, 0.1) is 28.7 Å². The fraction of sp³-hybridized carbons (Fsp3) is 0.268. The number of nitrogens with zero attached hydrogens (tertiary/aromatic N) is 2. The van der Waals surface area contributed by atoms with Crippen LogP contribution in [0.1, 0.15) is 41.0 Å². The minimum absolute atomic E-state index is 0.00397. The molecule has 1 N–H and O–H groups in total. The summed E-state index contributed by atoms with van der Waals surface area (Å²) in [5, 5.41) is 11.5. The van der Waals surface area contributed by atoms with Gasteiger partial charge in [-0.25, -0.2) is 31.8 Å². The summed E-state index contributed by atoms with van der Waals surface area (Å²) in [6, 6.07) is 12.1. The monoisotopic (exact) mass is 918 g/mol. The number of rotatable bonds is 6. The molecule has 324 valence electrons. The highest BCUT2D eigenvalue weighted by Gasteiger charge is 2.77. The number of anilines is 2. The Morgan fingerprint density at radius 2 is 1.29 bits per heavy atom. The smallest absolute Gasteiger partial charge is 0.416 e. The van der Waals surface area contributed by atoms with E-state index in [4.69, 9.17) is 27.9 Å². The number of benzene rings is 4. The number of halogens is 13. The maximum atomic E-state index is 15.4. The third-order valence-corrected chi connectivity index (χ3v) is 13.0.